The predicted molar refractivity (Wildman–Crippen MR) is 162 cm³/mol. The standard InChI is InChI=1S/C34H40N4O2/c1-27-9-7-18-35(27)19-8-24-40-30-16-14-29(15-17-30)36-20-22-37(23-21-36)34(39)32-26-38(25-28-10-3-2-4-11-28)33-13-6-5-12-31(32)33/h2-6,10-17,26-27H,7-9,18-25H2,1H3. The van der Waals surface area contributed by atoms with Gasteiger partial charge in [-0.2, -0.15) is 0 Å². The first-order valence-corrected chi connectivity index (χ1v) is 14.8. The van der Waals surface area contributed by atoms with E-state index in [2.05, 4.69) is 82.0 Å². The Kier molecular flexibility index (Phi) is 8.05. The van der Waals surface area contributed by atoms with Gasteiger partial charge in [0.15, 0.2) is 0 Å². The minimum atomic E-state index is 0.120. The maximum atomic E-state index is 13.7. The molecule has 2 fully saturated rings. The van der Waals surface area contributed by atoms with E-state index in [4.69, 9.17) is 4.74 Å². The van der Waals surface area contributed by atoms with Crippen LogP contribution < -0.4 is 9.64 Å². The van der Waals surface area contributed by atoms with Crippen LogP contribution in [0.15, 0.2) is 85.1 Å². The van der Waals surface area contributed by atoms with Gasteiger partial charge in [-0.3, -0.25) is 4.79 Å². The first-order chi connectivity index (χ1) is 19.7. The van der Waals surface area contributed by atoms with Crippen molar-refractivity contribution in [2.24, 2.45) is 0 Å². The third-order valence-corrected chi connectivity index (χ3v) is 8.53. The summed E-state index contributed by atoms with van der Waals surface area (Å²) < 4.78 is 8.21. The summed E-state index contributed by atoms with van der Waals surface area (Å²) >= 11 is 0. The number of nitrogens with zero attached hydrogens (tertiary/aromatic N) is 4. The van der Waals surface area contributed by atoms with E-state index in [1.165, 1.54) is 30.6 Å². The van der Waals surface area contributed by atoms with Crippen molar-refractivity contribution in [1.82, 2.24) is 14.4 Å². The molecule has 0 aliphatic carbocycles. The van der Waals surface area contributed by atoms with Gasteiger partial charge in [-0.1, -0.05) is 48.5 Å². The largest absolute Gasteiger partial charge is 0.494 e. The lowest BCUT2D eigenvalue weighted by molar-refractivity contribution is 0.0748. The van der Waals surface area contributed by atoms with Crippen molar-refractivity contribution >= 4 is 22.5 Å². The number of aromatic nitrogens is 1. The highest BCUT2D eigenvalue weighted by Crippen LogP contribution is 2.26. The second-order valence-corrected chi connectivity index (χ2v) is 11.2. The zero-order chi connectivity index (χ0) is 27.3. The van der Waals surface area contributed by atoms with Crippen LogP contribution in [0.3, 0.4) is 0 Å². The summed E-state index contributed by atoms with van der Waals surface area (Å²) in [6, 6.07) is 27.8. The smallest absolute Gasteiger partial charge is 0.256 e. The highest BCUT2D eigenvalue weighted by molar-refractivity contribution is 6.07. The molecule has 1 aromatic heterocycles. The van der Waals surface area contributed by atoms with Crippen LogP contribution in [-0.2, 0) is 6.54 Å². The Bertz CT molecular complexity index is 1410. The Morgan fingerprint density at radius 3 is 2.38 bits per heavy atom. The number of para-hydroxylation sites is 1. The van der Waals surface area contributed by atoms with Gasteiger partial charge in [0.25, 0.3) is 5.91 Å². The van der Waals surface area contributed by atoms with E-state index < -0.39 is 0 Å². The van der Waals surface area contributed by atoms with Gasteiger partial charge < -0.3 is 24.0 Å². The summed E-state index contributed by atoms with van der Waals surface area (Å²) in [6.45, 7) is 9.25. The van der Waals surface area contributed by atoms with E-state index in [9.17, 15) is 4.79 Å². The topological polar surface area (TPSA) is 41.0 Å². The van der Waals surface area contributed by atoms with Gasteiger partial charge in [-0.05, 0) is 68.6 Å². The maximum Gasteiger partial charge on any atom is 0.256 e. The molecule has 0 radical (unpaired) electrons. The molecule has 2 aliphatic heterocycles. The second-order valence-electron chi connectivity index (χ2n) is 11.2. The highest BCUT2D eigenvalue weighted by atomic mass is 16.5. The third-order valence-electron chi connectivity index (χ3n) is 8.53. The fourth-order valence-electron chi connectivity index (χ4n) is 6.20. The number of piperazine rings is 1. The summed E-state index contributed by atoms with van der Waals surface area (Å²) in [4.78, 5) is 20.6. The molecule has 40 heavy (non-hydrogen) atoms. The molecule has 6 heteroatoms. The van der Waals surface area contributed by atoms with E-state index in [0.29, 0.717) is 13.1 Å². The van der Waals surface area contributed by atoms with Crippen molar-refractivity contribution in [1.29, 1.82) is 0 Å². The molecule has 0 saturated carbocycles. The van der Waals surface area contributed by atoms with Gasteiger partial charge in [0.2, 0.25) is 0 Å². The molecule has 0 bridgehead atoms. The van der Waals surface area contributed by atoms with Gasteiger partial charge in [-0.15, -0.1) is 0 Å². The van der Waals surface area contributed by atoms with E-state index in [0.717, 1.165) is 67.5 Å². The number of likely N-dealkylation sites (tertiary alicyclic amines) is 1. The predicted octanol–water partition coefficient (Wildman–Crippen LogP) is 5.91. The molecule has 1 atom stereocenters. The Morgan fingerprint density at radius 1 is 0.875 bits per heavy atom. The fourth-order valence-corrected chi connectivity index (χ4v) is 6.20. The van der Waals surface area contributed by atoms with Crippen LogP contribution in [0.5, 0.6) is 5.75 Å². The van der Waals surface area contributed by atoms with Crippen molar-refractivity contribution in [2.45, 2.75) is 38.8 Å². The molecule has 1 unspecified atom stereocenters. The van der Waals surface area contributed by atoms with Crippen LogP contribution in [0.2, 0.25) is 0 Å². The van der Waals surface area contributed by atoms with E-state index in [1.807, 2.05) is 29.3 Å². The summed E-state index contributed by atoms with van der Waals surface area (Å²) in [5, 5.41) is 1.02. The molecule has 2 saturated heterocycles. The quantitative estimate of drug-likeness (QED) is 0.250. The zero-order valence-corrected chi connectivity index (χ0v) is 23.5. The fraction of sp³-hybridized carbons (Fsp3) is 0.382. The van der Waals surface area contributed by atoms with Gasteiger partial charge in [0, 0.05) is 68.1 Å². The number of benzene rings is 3. The molecule has 4 aromatic rings. The maximum absolute atomic E-state index is 13.7. The Hall–Kier alpha value is -3.77. The number of carbonyl (C=O) groups excluding carboxylic acids is 1. The first-order valence-electron chi connectivity index (χ1n) is 14.8. The lowest BCUT2D eigenvalue weighted by Gasteiger charge is -2.36. The van der Waals surface area contributed by atoms with Crippen LogP contribution >= 0.6 is 0 Å². The van der Waals surface area contributed by atoms with Crippen LogP contribution in [-0.4, -0.2) is 72.2 Å². The number of anilines is 1. The number of carbonyl (C=O) groups is 1. The second kappa shape index (κ2) is 12.2. The molecule has 6 nitrogen and oxygen atoms in total. The van der Waals surface area contributed by atoms with Gasteiger partial charge in [0.05, 0.1) is 12.2 Å². The van der Waals surface area contributed by atoms with Crippen LogP contribution in [0.1, 0.15) is 42.1 Å². The first kappa shape index (κ1) is 26.5. The molecular weight excluding hydrogens is 496 g/mol. The minimum absolute atomic E-state index is 0.120. The van der Waals surface area contributed by atoms with Gasteiger partial charge in [0.1, 0.15) is 5.75 Å². The highest BCUT2D eigenvalue weighted by Gasteiger charge is 2.25. The van der Waals surface area contributed by atoms with Crippen molar-refractivity contribution in [3.05, 3.63) is 96.2 Å². The van der Waals surface area contributed by atoms with Crippen molar-refractivity contribution in [2.75, 3.05) is 50.8 Å². The molecule has 3 aromatic carbocycles. The zero-order valence-electron chi connectivity index (χ0n) is 23.5. The van der Waals surface area contributed by atoms with E-state index >= 15 is 0 Å². The lowest BCUT2D eigenvalue weighted by Crippen LogP contribution is -2.48. The minimum Gasteiger partial charge on any atom is -0.494 e. The molecule has 0 spiro atoms. The average Bonchev–Trinajstić information content (AvgIpc) is 3.59. The van der Waals surface area contributed by atoms with E-state index in [1.54, 1.807) is 0 Å². The molecule has 0 N–H and O–H groups in total. The number of hydrogen-bond donors (Lipinski definition) is 0. The molecular formula is C34H40N4O2. The molecule has 208 valence electrons. The summed E-state index contributed by atoms with van der Waals surface area (Å²) in [6.07, 6.45) is 5.75. The summed E-state index contributed by atoms with van der Waals surface area (Å²) in [5.41, 5.74) is 4.30. The average molecular weight is 537 g/mol. The normalized spacial score (nSPS) is 18.0. The van der Waals surface area contributed by atoms with Gasteiger partial charge >= 0.3 is 0 Å². The summed E-state index contributed by atoms with van der Waals surface area (Å²) in [7, 11) is 0. The Labute approximate surface area is 237 Å². The number of fused-ring (bicyclic) bond motifs is 1. The monoisotopic (exact) mass is 536 g/mol. The molecule has 2 aliphatic rings. The van der Waals surface area contributed by atoms with Crippen molar-refractivity contribution in [3.8, 4) is 5.75 Å². The molecule has 3 heterocycles. The van der Waals surface area contributed by atoms with Crippen LogP contribution in [0, 0.1) is 0 Å². The Morgan fingerprint density at radius 2 is 1.62 bits per heavy atom. The van der Waals surface area contributed by atoms with E-state index in [-0.39, 0.29) is 5.91 Å². The van der Waals surface area contributed by atoms with Gasteiger partial charge in [-0.25, -0.2) is 0 Å². The number of ether oxygens (including phenoxy) is 1. The molecule has 1 amide bonds. The summed E-state index contributed by atoms with van der Waals surface area (Å²) in [5.74, 6) is 1.05. The number of amides is 1. The van der Waals surface area contributed by atoms with Crippen LogP contribution in [0.25, 0.3) is 10.9 Å². The Balaban J connectivity index is 1.03. The van der Waals surface area contributed by atoms with Crippen LogP contribution in [0.4, 0.5) is 5.69 Å². The SMILES string of the molecule is CC1CCCN1CCCOc1ccc(N2CCN(C(=O)c3cn(Cc4ccccc4)c4ccccc34)CC2)cc1. The third kappa shape index (κ3) is 5.87. The molecule has 6 rings (SSSR count). The van der Waals surface area contributed by atoms with Crippen molar-refractivity contribution in [3.63, 3.8) is 0 Å². The lowest BCUT2D eigenvalue weighted by atomic mass is 10.1. The van der Waals surface area contributed by atoms with Crippen molar-refractivity contribution < 1.29 is 9.53 Å². The number of hydrogen-bond acceptors (Lipinski definition) is 4. The number of rotatable bonds is 9.